The first-order valence-electron chi connectivity index (χ1n) is 10.6. The second-order valence-corrected chi connectivity index (χ2v) is 13.3. The maximum absolute atomic E-state index is 12.8. The van der Waals surface area contributed by atoms with Crippen LogP contribution < -0.4 is 5.19 Å². The molecule has 31 heavy (non-hydrogen) atoms. The molecule has 0 spiro atoms. The Balaban J connectivity index is 1.68. The molecule has 2 aromatic carbocycles. The molecular formula is C25H29NO4Si. The van der Waals surface area contributed by atoms with Gasteiger partial charge in [0.25, 0.3) is 5.91 Å². The fourth-order valence-electron chi connectivity index (χ4n) is 4.09. The van der Waals surface area contributed by atoms with E-state index in [-0.39, 0.29) is 24.1 Å². The van der Waals surface area contributed by atoms with Crippen molar-refractivity contribution >= 4 is 31.5 Å². The van der Waals surface area contributed by atoms with E-state index >= 15 is 0 Å². The van der Waals surface area contributed by atoms with E-state index in [4.69, 9.17) is 4.74 Å². The number of amides is 2. The zero-order valence-corrected chi connectivity index (χ0v) is 19.1. The largest absolute Gasteiger partial charge is 0.447 e. The van der Waals surface area contributed by atoms with Gasteiger partial charge in [-0.3, -0.25) is 4.79 Å². The molecule has 2 amide bonds. The second-order valence-electron chi connectivity index (χ2n) is 8.45. The Morgan fingerprint density at radius 1 is 1.10 bits per heavy atom. The zero-order chi connectivity index (χ0) is 22.3. The van der Waals surface area contributed by atoms with Crippen molar-refractivity contribution in [3.63, 3.8) is 0 Å². The maximum Gasteiger partial charge on any atom is 0.417 e. The SMILES string of the molecule is C[Si](C)(c1ccccc1)[C@H](CC=O)C/C=C/C(=O)N1C(=O)OC[C@@H]1Cc1ccccc1. The fourth-order valence-corrected chi connectivity index (χ4v) is 7.02. The highest BCUT2D eigenvalue weighted by molar-refractivity contribution is 6.91. The Morgan fingerprint density at radius 3 is 2.39 bits per heavy atom. The number of hydrogen-bond donors (Lipinski definition) is 0. The maximum atomic E-state index is 12.8. The molecule has 6 heteroatoms. The molecular weight excluding hydrogens is 406 g/mol. The van der Waals surface area contributed by atoms with Crippen LogP contribution in [-0.2, 0) is 20.7 Å². The number of carbonyl (C=O) groups is 3. The van der Waals surface area contributed by atoms with E-state index in [1.54, 1.807) is 6.08 Å². The summed E-state index contributed by atoms with van der Waals surface area (Å²) < 4.78 is 5.14. The van der Waals surface area contributed by atoms with Crippen LogP contribution in [0.3, 0.4) is 0 Å². The van der Waals surface area contributed by atoms with Gasteiger partial charge in [-0.25, -0.2) is 9.69 Å². The number of ether oxygens (including phenoxy) is 1. The number of hydrogen-bond acceptors (Lipinski definition) is 4. The van der Waals surface area contributed by atoms with Crippen molar-refractivity contribution in [1.82, 2.24) is 4.90 Å². The average molecular weight is 436 g/mol. The third kappa shape index (κ3) is 5.58. The van der Waals surface area contributed by atoms with Gasteiger partial charge in [0, 0.05) is 6.42 Å². The molecule has 0 aliphatic carbocycles. The number of cyclic esters (lactones) is 1. The van der Waals surface area contributed by atoms with Gasteiger partial charge in [0.05, 0.1) is 14.1 Å². The summed E-state index contributed by atoms with van der Waals surface area (Å²) in [6, 6.07) is 19.7. The highest BCUT2D eigenvalue weighted by Crippen LogP contribution is 2.29. The van der Waals surface area contributed by atoms with Crippen LogP contribution in [0.25, 0.3) is 0 Å². The zero-order valence-electron chi connectivity index (χ0n) is 18.1. The summed E-state index contributed by atoms with van der Waals surface area (Å²) >= 11 is 0. The van der Waals surface area contributed by atoms with Crippen LogP contribution in [0.2, 0.25) is 18.6 Å². The minimum atomic E-state index is -1.91. The van der Waals surface area contributed by atoms with Gasteiger partial charge < -0.3 is 9.53 Å². The first-order valence-corrected chi connectivity index (χ1v) is 13.7. The molecule has 2 aromatic rings. The van der Waals surface area contributed by atoms with E-state index in [9.17, 15) is 14.4 Å². The molecule has 5 nitrogen and oxygen atoms in total. The highest BCUT2D eigenvalue weighted by Gasteiger charge is 2.37. The Hall–Kier alpha value is -2.99. The van der Waals surface area contributed by atoms with Crippen LogP contribution in [0, 0.1) is 0 Å². The molecule has 3 rings (SSSR count). The first-order chi connectivity index (χ1) is 14.9. The topological polar surface area (TPSA) is 63.7 Å². The Morgan fingerprint density at radius 2 is 1.74 bits per heavy atom. The monoisotopic (exact) mass is 435 g/mol. The summed E-state index contributed by atoms with van der Waals surface area (Å²) in [6.45, 7) is 4.70. The number of imide groups is 1. The van der Waals surface area contributed by atoms with E-state index in [2.05, 4.69) is 25.2 Å². The molecule has 0 N–H and O–H groups in total. The molecule has 0 radical (unpaired) electrons. The molecule has 1 aliphatic heterocycles. The smallest absolute Gasteiger partial charge is 0.417 e. The van der Waals surface area contributed by atoms with Crippen molar-refractivity contribution in [1.29, 1.82) is 0 Å². The van der Waals surface area contributed by atoms with Gasteiger partial charge in [-0.05, 0) is 30.0 Å². The average Bonchev–Trinajstić information content (AvgIpc) is 3.14. The first kappa shape index (κ1) is 22.7. The standard InChI is InChI=1S/C25H29NO4Si/c1-31(2,22-12-7-4-8-13-22)23(16-17-27)14-9-15-24(28)26-21(19-30-25(26)29)18-20-10-5-3-6-11-20/h3-13,15,17,21,23H,14,16,18-19H2,1-2H3/b15-9+/t21-,23-/m0/s1. The van der Waals surface area contributed by atoms with E-state index in [0.717, 1.165) is 11.8 Å². The van der Waals surface area contributed by atoms with Crippen molar-refractivity contribution in [3.05, 3.63) is 78.4 Å². The van der Waals surface area contributed by atoms with E-state index in [1.165, 1.54) is 16.2 Å². The van der Waals surface area contributed by atoms with Gasteiger partial charge in [-0.1, -0.05) is 85.0 Å². The summed E-state index contributed by atoms with van der Waals surface area (Å²) in [5, 5.41) is 1.28. The third-order valence-electron chi connectivity index (χ3n) is 6.11. The number of allylic oxidation sites excluding steroid dienone is 1. The molecule has 2 atom stereocenters. The lowest BCUT2D eigenvalue weighted by atomic mass is 10.1. The van der Waals surface area contributed by atoms with Crippen LogP contribution in [0.15, 0.2) is 72.8 Å². The minimum Gasteiger partial charge on any atom is -0.447 e. The van der Waals surface area contributed by atoms with Crippen molar-refractivity contribution < 1.29 is 19.1 Å². The van der Waals surface area contributed by atoms with Gasteiger partial charge in [0.15, 0.2) is 0 Å². The molecule has 0 bridgehead atoms. The van der Waals surface area contributed by atoms with Crippen LogP contribution in [0.4, 0.5) is 4.79 Å². The number of benzene rings is 2. The number of carbonyl (C=O) groups excluding carboxylic acids is 3. The Bertz CT molecular complexity index is 927. The summed E-state index contributed by atoms with van der Waals surface area (Å²) in [4.78, 5) is 37.5. The molecule has 1 heterocycles. The van der Waals surface area contributed by atoms with Gasteiger partial charge in [0.2, 0.25) is 0 Å². The third-order valence-corrected chi connectivity index (χ3v) is 10.4. The molecule has 1 fully saturated rings. The number of rotatable bonds is 9. The molecule has 0 aromatic heterocycles. The van der Waals surface area contributed by atoms with Crippen LogP contribution in [0.5, 0.6) is 0 Å². The van der Waals surface area contributed by atoms with Crippen molar-refractivity contribution in [2.45, 2.75) is 43.9 Å². The molecule has 1 saturated heterocycles. The minimum absolute atomic E-state index is 0.169. The van der Waals surface area contributed by atoms with Gasteiger partial charge in [0.1, 0.15) is 12.9 Å². The second kappa shape index (κ2) is 10.4. The summed E-state index contributed by atoms with van der Waals surface area (Å²) in [6.07, 6.45) is 5.26. The molecule has 0 unspecified atom stereocenters. The fraction of sp³-hybridized carbons (Fsp3) is 0.320. The number of aldehydes is 1. The van der Waals surface area contributed by atoms with Crippen LogP contribution in [-0.4, -0.2) is 43.9 Å². The lowest BCUT2D eigenvalue weighted by Gasteiger charge is -2.31. The predicted octanol–water partition coefficient (Wildman–Crippen LogP) is 4.10. The lowest BCUT2D eigenvalue weighted by molar-refractivity contribution is -0.124. The van der Waals surface area contributed by atoms with E-state index < -0.39 is 14.2 Å². The van der Waals surface area contributed by atoms with E-state index in [0.29, 0.717) is 19.3 Å². The highest BCUT2D eigenvalue weighted by atomic mass is 28.3. The summed E-state index contributed by atoms with van der Waals surface area (Å²) in [7, 11) is -1.91. The molecule has 162 valence electrons. The van der Waals surface area contributed by atoms with Crippen molar-refractivity contribution in [2.75, 3.05) is 6.61 Å². The Labute approximate surface area is 184 Å². The lowest BCUT2D eigenvalue weighted by Crippen LogP contribution is -2.46. The molecule has 1 aliphatic rings. The normalized spacial score (nSPS) is 17.5. The van der Waals surface area contributed by atoms with Crippen LogP contribution >= 0.6 is 0 Å². The van der Waals surface area contributed by atoms with Gasteiger partial charge in [-0.2, -0.15) is 0 Å². The van der Waals surface area contributed by atoms with Gasteiger partial charge in [-0.15, -0.1) is 0 Å². The van der Waals surface area contributed by atoms with Crippen molar-refractivity contribution in [2.24, 2.45) is 0 Å². The number of nitrogens with zero attached hydrogens (tertiary/aromatic N) is 1. The van der Waals surface area contributed by atoms with Crippen molar-refractivity contribution in [3.8, 4) is 0 Å². The van der Waals surface area contributed by atoms with E-state index in [1.807, 2.05) is 48.5 Å². The summed E-state index contributed by atoms with van der Waals surface area (Å²) in [5.74, 6) is -0.368. The van der Waals surface area contributed by atoms with Crippen LogP contribution in [0.1, 0.15) is 18.4 Å². The predicted molar refractivity (Wildman–Crippen MR) is 124 cm³/mol. The quantitative estimate of drug-likeness (QED) is 0.338. The van der Waals surface area contributed by atoms with Gasteiger partial charge >= 0.3 is 6.09 Å². The molecule has 0 saturated carbocycles. The summed E-state index contributed by atoms with van der Waals surface area (Å²) in [5.41, 5.74) is 1.22. The Kier molecular flexibility index (Phi) is 7.58.